The van der Waals surface area contributed by atoms with Crippen molar-refractivity contribution in [1.29, 1.82) is 0 Å². The molecule has 0 aromatic carbocycles. The molecule has 0 amide bonds. The maximum atomic E-state index is 9.80. The van der Waals surface area contributed by atoms with Gasteiger partial charge in [0.1, 0.15) is 18.3 Å². The summed E-state index contributed by atoms with van der Waals surface area (Å²) in [5.41, 5.74) is 0. The molecule has 1 fully saturated rings. The smallest absolute Gasteiger partial charge is 0.183 e. The minimum atomic E-state index is -1.43. The number of hydrogen-bond donors (Lipinski definition) is 4. The summed E-state index contributed by atoms with van der Waals surface area (Å²) in [6.45, 7) is 2.22. The van der Waals surface area contributed by atoms with Gasteiger partial charge in [-0.15, -0.1) is 0 Å². The Morgan fingerprint density at radius 3 is 1.76 bits per heavy atom. The molecule has 126 valence electrons. The van der Waals surface area contributed by atoms with Crippen molar-refractivity contribution in [2.75, 3.05) is 0 Å². The quantitative estimate of drug-likeness (QED) is 0.461. The topological polar surface area (TPSA) is 90.2 Å². The monoisotopic (exact) mass is 304 g/mol. The van der Waals surface area contributed by atoms with Crippen LogP contribution >= 0.6 is 0 Å². The van der Waals surface area contributed by atoms with Crippen LogP contribution in [0.2, 0.25) is 0 Å². The molecule has 0 spiro atoms. The maximum absolute atomic E-state index is 9.80. The summed E-state index contributed by atoms with van der Waals surface area (Å²) in [5, 5.41) is 38.2. The molecule has 5 atom stereocenters. The standard InChI is InChI=1S/C16H32O5/c1-2-3-4-5-6-7-8-9-10-11-12-13(17)14(18)15(19)16(20)21-12/h12-20H,2-11H2,1H3/t12-,13+,14+,15-,16-/m0/s1. The predicted octanol–water partition coefficient (Wildman–Crippen LogP) is 1.71. The third-order valence-corrected chi connectivity index (χ3v) is 4.28. The third kappa shape index (κ3) is 6.61. The minimum Gasteiger partial charge on any atom is -0.388 e. The maximum Gasteiger partial charge on any atom is 0.183 e. The SMILES string of the molecule is CCCCCCCCCCC[C@@H]1O[C@H](O)[C@@H](O)[C@H](O)[C@@H]1O. The van der Waals surface area contributed by atoms with Crippen molar-refractivity contribution in [1.82, 2.24) is 0 Å². The molecule has 0 saturated carbocycles. The molecule has 4 N–H and O–H groups in total. The van der Waals surface area contributed by atoms with Gasteiger partial charge < -0.3 is 25.2 Å². The molecule has 0 unspecified atom stereocenters. The van der Waals surface area contributed by atoms with E-state index in [0.717, 1.165) is 12.8 Å². The zero-order valence-electron chi connectivity index (χ0n) is 13.2. The molecule has 0 aromatic heterocycles. The van der Waals surface area contributed by atoms with Crippen molar-refractivity contribution in [3.05, 3.63) is 0 Å². The molecule has 5 nitrogen and oxygen atoms in total. The lowest BCUT2D eigenvalue weighted by atomic mass is 9.95. The normalized spacial score (nSPS) is 33.3. The van der Waals surface area contributed by atoms with E-state index in [1.807, 2.05) is 0 Å². The Morgan fingerprint density at radius 2 is 1.19 bits per heavy atom. The van der Waals surface area contributed by atoms with Gasteiger partial charge in [-0.1, -0.05) is 64.7 Å². The van der Waals surface area contributed by atoms with Gasteiger partial charge in [0, 0.05) is 0 Å². The highest BCUT2D eigenvalue weighted by Crippen LogP contribution is 2.23. The zero-order valence-corrected chi connectivity index (χ0v) is 13.2. The molecule has 1 rings (SSSR count). The van der Waals surface area contributed by atoms with Gasteiger partial charge in [-0.2, -0.15) is 0 Å². The minimum absolute atomic E-state index is 0.594. The van der Waals surface area contributed by atoms with Crippen LogP contribution in [0.5, 0.6) is 0 Å². The van der Waals surface area contributed by atoms with Crippen LogP contribution in [0.4, 0.5) is 0 Å². The van der Waals surface area contributed by atoms with E-state index in [9.17, 15) is 20.4 Å². The molecule has 0 aliphatic carbocycles. The van der Waals surface area contributed by atoms with Gasteiger partial charge in [0.2, 0.25) is 0 Å². The largest absolute Gasteiger partial charge is 0.388 e. The van der Waals surface area contributed by atoms with Crippen molar-refractivity contribution in [3.63, 3.8) is 0 Å². The summed E-state index contributed by atoms with van der Waals surface area (Å²) < 4.78 is 5.15. The van der Waals surface area contributed by atoms with Crippen molar-refractivity contribution < 1.29 is 25.2 Å². The molecule has 1 aliphatic rings. The molecular weight excluding hydrogens is 272 g/mol. The van der Waals surface area contributed by atoms with Crippen LogP contribution in [-0.2, 0) is 4.74 Å². The molecule has 0 aromatic rings. The summed E-state index contributed by atoms with van der Waals surface area (Å²) in [5.74, 6) is 0. The number of hydrogen-bond acceptors (Lipinski definition) is 5. The van der Waals surface area contributed by atoms with Crippen molar-refractivity contribution >= 4 is 0 Å². The first kappa shape index (κ1) is 18.8. The van der Waals surface area contributed by atoms with Gasteiger partial charge >= 0.3 is 0 Å². The van der Waals surface area contributed by atoms with Gasteiger partial charge in [-0.3, -0.25) is 0 Å². The summed E-state index contributed by atoms with van der Waals surface area (Å²) in [6.07, 6.45) is 5.59. The Kier molecular flexibility index (Phi) is 9.44. The van der Waals surface area contributed by atoms with Gasteiger partial charge in [-0.05, 0) is 6.42 Å². The predicted molar refractivity (Wildman–Crippen MR) is 80.7 cm³/mol. The van der Waals surface area contributed by atoms with Gasteiger partial charge in [0.15, 0.2) is 6.29 Å². The number of aliphatic hydroxyl groups excluding tert-OH is 4. The second kappa shape index (κ2) is 10.5. The molecule has 0 bridgehead atoms. The van der Waals surface area contributed by atoms with E-state index < -0.39 is 30.7 Å². The number of aliphatic hydroxyl groups is 4. The van der Waals surface area contributed by atoms with E-state index in [-0.39, 0.29) is 0 Å². The first-order valence-corrected chi connectivity index (χ1v) is 8.45. The van der Waals surface area contributed by atoms with Crippen LogP contribution < -0.4 is 0 Å². The molecule has 0 radical (unpaired) electrons. The first-order chi connectivity index (χ1) is 10.1. The Bertz CT molecular complexity index is 261. The second-order valence-corrected chi connectivity index (χ2v) is 6.15. The van der Waals surface area contributed by atoms with Crippen LogP contribution in [0.3, 0.4) is 0 Å². The van der Waals surface area contributed by atoms with Crippen molar-refractivity contribution in [2.24, 2.45) is 0 Å². The van der Waals surface area contributed by atoms with E-state index in [4.69, 9.17) is 4.74 Å². The lowest BCUT2D eigenvalue weighted by Crippen LogP contribution is -2.57. The van der Waals surface area contributed by atoms with Gasteiger partial charge in [0.25, 0.3) is 0 Å². The molecule has 1 heterocycles. The van der Waals surface area contributed by atoms with Crippen molar-refractivity contribution in [3.8, 4) is 0 Å². The second-order valence-electron chi connectivity index (χ2n) is 6.15. The Labute approximate surface area is 127 Å². The van der Waals surface area contributed by atoms with Gasteiger partial charge in [-0.25, -0.2) is 0 Å². The fourth-order valence-electron chi connectivity index (χ4n) is 2.83. The van der Waals surface area contributed by atoms with Crippen molar-refractivity contribution in [2.45, 2.75) is 102 Å². The van der Waals surface area contributed by atoms with E-state index in [1.54, 1.807) is 0 Å². The van der Waals surface area contributed by atoms with E-state index in [1.165, 1.54) is 44.9 Å². The lowest BCUT2D eigenvalue weighted by Gasteiger charge is -2.38. The highest BCUT2D eigenvalue weighted by molar-refractivity contribution is 4.88. The van der Waals surface area contributed by atoms with Crippen LogP contribution in [0.15, 0.2) is 0 Å². The van der Waals surface area contributed by atoms with Crippen LogP contribution in [0.25, 0.3) is 0 Å². The molecule has 1 aliphatic heterocycles. The summed E-state index contributed by atoms with van der Waals surface area (Å²) in [4.78, 5) is 0. The first-order valence-electron chi connectivity index (χ1n) is 8.45. The van der Waals surface area contributed by atoms with Crippen LogP contribution in [-0.4, -0.2) is 51.1 Å². The molecule has 21 heavy (non-hydrogen) atoms. The Balaban J connectivity index is 2.04. The van der Waals surface area contributed by atoms with E-state index in [2.05, 4.69) is 6.92 Å². The zero-order chi connectivity index (χ0) is 15.7. The van der Waals surface area contributed by atoms with Crippen LogP contribution in [0, 0.1) is 0 Å². The highest BCUT2D eigenvalue weighted by atomic mass is 16.6. The van der Waals surface area contributed by atoms with E-state index in [0.29, 0.717) is 6.42 Å². The third-order valence-electron chi connectivity index (χ3n) is 4.28. The van der Waals surface area contributed by atoms with E-state index >= 15 is 0 Å². The Hall–Kier alpha value is -0.200. The fourth-order valence-corrected chi connectivity index (χ4v) is 2.83. The summed E-state index contributed by atoms with van der Waals surface area (Å²) in [6, 6.07) is 0. The average Bonchev–Trinajstić information content (AvgIpc) is 2.48. The molecular formula is C16H32O5. The fraction of sp³-hybridized carbons (Fsp3) is 1.00. The highest BCUT2D eigenvalue weighted by Gasteiger charge is 2.42. The number of unbranched alkanes of at least 4 members (excludes halogenated alkanes) is 8. The molecule has 1 saturated heterocycles. The summed E-state index contributed by atoms with van der Waals surface area (Å²) >= 11 is 0. The average molecular weight is 304 g/mol. The molecule has 5 heteroatoms. The van der Waals surface area contributed by atoms with Gasteiger partial charge in [0.05, 0.1) is 6.10 Å². The lowest BCUT2D eigenvalue weighted by molar-refractivity contribution is -0.282. The number of rotatable bonds is 10. The number of ether oxygens (including phenoxy) is 1. The van der Waals surface area contributed by atoms with Crippen LogP contribution in [0.1, 0.15) is 71.1 Å². The summed E-state index contributed by atoms with van der Waals surface area (Å²) in [7, 11) is 0. The Morgan fingerprint density at radius 1 is 0.667 bits per heavy atom.